The molecule has 3 heteroatoms. The Bertz CT molecular complexity index is 216. The SMILES string of the molecule is CC1CCN(C(=O)C2CCCOC2)CC1. The third-order valence-corrected chi connectivity index (χ3v) is 3.60. The minimum atomic E-state index is 0.146. The van der Waals surface area contributed by atoms with Crippen molar-refractivity contribution >= 4 is 5.91 Å². The van der Waals surface area contributed by atoms with Crippen molar-refractivity contribution in [1.29, 1.82) is 0 Å². The van der Waals surface area contributed by atoms with Crippen LogP contribution in [0.3, 0.4) is 0 Å². The Morgan fingerprint density at radius 2 is 2.00 bits per heavy atom. The lowest BCUT2D eigenvalue weighted by Crippen LogP contribution is -2.43. The minimum Gasteiger partial charge on any atom is -0.381 e. The summed E-state index contributed by atoms with van der Waals surface area (Å²) in [5.74, 6) is 1.27. The molecule has 1 amide bonds. The second-order valence-electron chi connectivity index (χ2n) is 4.92. The zero-order chi connectivity index (χ0) is 10.7. The van der Waals surface area contributed by atoms with Crippen LogP contribution in [-0.4, -0.2) is 37.1 Å². The molecule has 0 aromatic carbocycles. The molecule has 0 saturated carbocycles. The van der Waals surface area contributed by atoms with Crippen molar-refractivity contribution in [2.75, 3.05) is 26.3 Å². The number of piperidine rings is 1. The fourth-order valence-electron chi connectivity index (χ4n) is 2.42. The molecule has 2 fully saturated rings. The van der Waals surface area contributed by atoms with Crippen LogP contribution >= 0.6 is 0 Å². The number of likely N-dealkylation sites (tertiary alicyclic amines) is 1. The van der Waals surface area contributed by atoms with Gasteiger partial charge >= 0.3 is 0 Å². The molecule has 2 rings (SSSR count). The molecule has 0 radical (unpaired) electrons. The van der Waals surface area contributed by atoms with E-state index in [4.69, 9.17) is 4.74 Å². The molecule has 2 heterocycles. The van der Waals surface area contributed by atoms with Crippen molar-refractivity contribution in [2.45, 2.75) is 32.6 Å². The molecule has 0 bridgehead atoms. The average molecular weight is 211 g/mol. The number of nitrogens with zero attached hydrogens (tertiary/aromatic N) is 1. The van der Waals surface area contributed by atoms with Crippen LogP contribution in [0.1, 0.15) is 32.6 Å². The zero-order valence-corrected chi connectivity index (χ0v) is 9.58. The maximum absolute atomic E-state index is 12.1. The Kier molecular flexibility index (Phi) is 3.62. The molecule has 0 aromatic rings. The first-order chi connectivity index (χ1) is 7.27. The lowest BCUT2D eigenvalue weighted by Gasteiger charge is -2.34. The molecule has 86 valence electrons. The van der Waals surface area contributed by atoms with Gasteiger partial charge in [-0.05, 0) is 31.6 Å². The van der Waals surface area contributed by atoms with E-state index < -0.39 is 0 Å². The van der Waals surface area contributed by atoms with E-state index >= 15 is 0 Å². The highest BCUT2D eigenvalue weighted by molar-refractivity contribution is 5.79. The Hall–Kier alpha value is -0.570. The Morgan fingerprint density at radius 3 is 2.60 bits per heavy atom. The van der Waals surface area contributed by atoms with Crippen LogP contribution in [0.15, 0.2) is 0 Å². The van der Waals surface area contributed by atoms with Crippen molar-refractivity contribution in [1.82, 2.24) is 4.90 Å². The average Bonchev–Trinajstić information content (AvgIpc) is 2.30. The summed E-state index contributed by atoms with van der Waals surface area (Å²) >= 11 is 0. The van der Waals surface area contributed by atoms with Gasteiger partial charge in [0.2, 0.25) is 5.91 Å². The number of hydrogen-bond acceptors (Lipinski definition) is 2. The Morgan fingerprint density at radius 1 is 1.27 bits per heavy atom. The van der Waals surface area contributed by atoms with Gasteiger partial charge in [0.15, 0.2) is 0 Å². The van der Waals surface area contributed by atoms with E-state index in [1.54, 1.807) is 0 Å². The van der Waals surface area contributed by atoms with Gasteiger partial charge in [-0.1, -0.05) is 6.92 Å². The molecule has 0 aliphatic carbocycles. The van der Waals surface area contributed by atoms with Crippen LogP contribution in [0, 0.1) is 11.8 Å². The van der Waals surface area contributed by atoms with E-state index in [1.807, 2.05) is 4.90 Å². The standard InChI is InChI=1S/C12H21NO2/c1-10-4-6-13(7-5-10)12(14)11-3-2-8-15-9-11/h10-11H,2-9H2,1H3. The largest absolute Gasteiger partial charge is 0.381 e. The predicted octanol–water partition coefficient (Wildman–Crippen LogP) is 1.67. The van der Waals surface area contributed by atoms with Crippen LogP contribution < -0.4 is 0 Å². The molecule has 0 aromatic heterocycles. The maximum atomic E-state index is 12.1. The molecular formula is C12H21NO2. The summed E-state index contributed by atoms with van der Waals surface area (Å²) in [6.07, 6.45) is 4.39. The molecule has 0 N–H and O–H groups in total. The molecular weight excluding hydrogens is 190 g/mol. The number of ether oxygens (including phenoxy) is 1. The third kappa shape index (κ3) is 2.71. The maximum Gasteiger partial charge on any atom is 0.228 e. The summed E-state index contributed by atoms with van der Waals surface area (Å²) in [5, 5.41) is 0. The first-order valence-corrected chi connectivity index (χ1v) is 6.14. The smallest absolute Gasteiger partial charge is 0.228 e. The highest BCUT2D eigenvalue weighted by Crippen LogP contribution is 2.21. The Balaban J connectivity index is 1.84. The molecule has 1 atom stereocenters. The van der Waals surface area contributed by atoms with Crippen LogP contribution in [0.4, 0.5) is 0 Å². The van der Waals surface area contributed by atoms with Crippen LogP contribution in [0.25, 0.3) is 0 Å². The highest BCUT2D eigenvalue weighted by Gasteiger charge is 2.28. The molecule has 1 unspecified atom stereocenters. The lowest BCUT2D eigenvalue weighted by atomic mass is 9.95. The Labute approximate surface area is 91.8 Å². The van der Waals surface area contributed by atoms with E-state index in [2.05, 4.69) is 6.92 Å². The summed E-state index contributed by atoms with van der Waals surface area (Å²) in [4.78, 5) is 14.1. The van der Waals surface area contributed by atoms with Crippen molar-refractivity contribution in [3.63, 3.8) is 0 Å². The van der Waals surface area contributed by atoms with E-state index in [1.165, 1.54) is 12.8 Å². The molecule has 2 aliphatic heterocycles. The van der Waals surface area contributed by atoms with Gasteiger partial charge in [0.25, 0.3) is 0 Å². The van der Waals surface area contributed by atoms with Crippen LogP contribution in [-0.2, 0) is 9.53 Å². The summed E-state index contributed by atoms with van der Waals surface area (Å²) < 4.78 is 5.37. The van der Waals surface area contributed by atoms with Gasteiger partial charge in [-0.2, -0.15) is 0 Å². The van der Waals surface area contributed by atoms with Crippen molar-refractivity contribution < 1.29 is 9.53 Å². The van der Waals surface area contributed by atoms with Gasteiger partial charge < -0.3 is 9.64 Å². The summed E-state index contributed by atoms with van der Waals surface area (Å²) in [7, 11) is 0. The van der Waals surface area contributed by atoms with Crippen molar-refractivity contribution in [3.8, 4) is 0 Å². The van der Waals surface area contributed by atoms with Gasteiger partial charge in [-0.3, -0.25) is 4.79 Å². The van der Waals surface area contributed by atoms with Gasteiger partial charge in [0, 0.05) is 19.7 Å². The van der Waals surface area contributed by atoms with Gasteiger partial charge in [-0.25, -0.2) is 0 Å². The first kappa shape index (κ1) is 10.9. The first-order valence-electron chi connectivity index (χ1n) is 6.14. The number of amides is 1. The monoisotopic (exact) mass is 211 g/mol. The van der Waals surface area contributed by atoms with Gasteiger partial charge in [-0.15, -0.1) is 0 Å². The second kappa shape index (κ2) is 4.97. The predicted molar refractivity (Wildman–Crippen MR) is 58.5 cm³/mol. The fourth-order valence-corrected chi connectivity index (χ4v) is 2.42. The summed E-state index contributed by atoms with van der Waals surface area (Å²) in [6, 6.07) is 0. The quantitative estimate of drug-likeness (QED) is 0.660. The fraction of sp³-hybridized carbons (Fsp3) is 0.917. The van der Waals surface area contributed by atoms with E-state index in [0.717, 1.165) is 38.5 Å². The van der Waals surface area contributed by atoms with Crippen molar-refractivity contribution in [2.24, 2.45) is 11.8 Å². The van der Waals surface area contributed by atoms with Crippen LogP contribution in [0.5, 0.6) is 0 Å². The zero-order valence-electron chi connectivity index (χ0n) is 9.58. The van der Waals surface area contributed by atoms with E-state index in [9.17, 15) is 4.79 Å². The normalized spacial score (nSPS) is 29.1. The minimum absolute atomic E-state index is 0.146. The lowest BCUT2D eigenvalue weighted by molar-refractivity contribution is -0.141. The summed E-state index contributed by atoms with van der Waals surface area (Å²) in [5.41, 5.74) is 0. The molecule has 15 heavy (non-hydrogen) atoms. The molecule has 0 spiro atoms. The molecule has 2 saturated heterocycles. The van der Waals surface area contributed by atoms with Crippen molar-refractivity contribution in [3.05, 3.63) is 0 Å². The van der Waals surface area contributed by atoms with E-state index in [0.29, 0.717) is 12.5 Å². The topological polar surface area (TPSA) is 29.5 Å². The van der Waals surface area contributed by atoms with Gasteiger partial charge in [0.1, 0.15) is 0 Å². The molecule has 2 aliphatic rings. The van der Waals surface area contributed by atoms with E-state index in [-0.39, 0.29) is 5.92 Å². The highest BCUT2D eigenvalue weighted by atomic mass is 16.5. The van der Waals surface area contributed by atoms with Gasteiger partial charge in [0.05, 0.1) is 12.5 Å². The number of carbonyl (C=O) groups excluding carboxylic acids is 1. The number of carbonyl (C=O) groups is 1. The second-order valence-corrected chi connectivity index (χ2v) is 4.92. The third-order valence-electron chi connectivity index (χ3n) is 3.60. The van der Waals surface area contributed by atoms with Crippen LogP contribution in [0.2, 0.25) is 0 Å². The summed E-state index contributed by atoms with van der Waals surface area (Å²) in [6.45, 7) is 5.66. The number of rotatable bonds is 1. The molecule has 3 nitrogen and oxygen atoms in total. The number of hydrogen-bond donors (Lipinski definition) is 0.